The number of rotatable bonds is 1. The van der Waals surface area contributed by atoms with Crippen molar-refractivity contribution in [1.82, 2.24) is 14.8 Å². The summed E-state index contributed by atoms with van der Waals surface area (Å²) in [4.78, 5) is 0. The Balaban J connectivity index is 2.07. The highest BCUT2D eigenvalue weighted by Gasteiger charge is 2.32. The monoisotopic (exact) mass is 162 g/mol. The first-order valence-electron chi connectivity index (χ1n) is 4.04. The number of nitriles is 1. The SMILES string of the molecule is Cn1cnnc1C1CC(C#N)C1. The predicted octanol–water partition coefficient (Wildman–Crippen LogP) is 0.832. The molecule has 0 atom stereocenters. The maximum absolute atomic E-state index is 8.58. The second-order valence-electron chi connectivity index (χ2n) is 3.29. The highest BCUT2D eigenvalue weighted by molar-refractivity contribution is 5.08. The van der Waals surface area contributed by atoms with Crippen LogP contribution in [0.25, 0.3) is 0 Å². The topological polar surface area (TPSA) is 54.5 Å². The van der Waals surface area contributed by atoms with Crippen molar-refractivity contribution in [2.75, 3.05) is 0 Å². The molecule has 0 bridgehead atoms. The van der Waals surface area contributed by atoms with Crippen molar-refractivity contribution in [2.24, 2.45) is 13.0 Å². The van der Waals surface area contributed by atoms with Gasteiger partial charge in [-0.15, -0.1) is 10.2 Å². The van der Waals surface area contributed by atoms with Gasteiger partial charge >= 0.3 is 0 Å². The van der Waals surface area contributed by atoms with Crippen molar-refractivity contribution >= 4 is 0 Å². The van der Waals surface area contributed by atoms with E-state index in [1.165, 1.54) is 0 Å². The quantitative estimate of drug-likeness (QED) is 0.614. The second kappa shape index (κ2) is 2.59. The number of nitrogens with zero attached hydrogens (tertiary/aromatic N) is 4. The third-order valence-corrected chi connectivity index (χ3v) is 2.43. The molecule has 0 spiro atoms. The molecule has 62 valence electrons. The fourth-order valence-electron chi connectivity index (χ4n) is 1.60. The molecule has 1 aromatic heterocycles. The van der Waals surface area contributed by atoms with Crippen LogP contribution in [-0.4, -0.2) is 14.8 Å². The molecule has 1 aliphatic rings. The van der Waals surface area contributed by atoms with E-state index in [9.17, 15) is 0 Å². The van der Waals surface area contributed by atoms with Gasteiger partial charge in [-0.2, -0.15) is 5.26 Å². The van der Waals surface area contributed by atoms with Crippen molar-refractivity contribution in [3.05, 3.63) is 12.2 Å². The molecule has 1 fully saturated rings. The van der Waals surface area contributed by atoms with Crippen molar-refractivity contribution in [2.45, 2.75) is 18.8 Å². The standard InChI is InChI=1S/C8H10N4/c1-12-5-10-11-8(12)7-2-6(3-7)4-9/h5-7H,2-3H2,1H3. The summed E-state index contributed by atoms with van der Waals surface area (Å²) in [7, 11) is 1.94. The zero-order chi connectivity index (χ0) is 8.55. The zero-order valence-corrected chi connectivity index (χ0v) is 6.94. The maximum atomic E-state index is 8.58. The fraction of sp³-hybridized carbons (Fsp3) is 0.625. The Morgan fingerprint density at radius 2 is 2.42 bits per heavy atom. The predicted molar refractivity (Wildman–Crippen MR) is 42.1 cm³/mol. The Labute approximate surface area is 70.8 Å². The highest BCUT2D eigenvalue weighted by Crippen LogP contribution is 2.39. The Hall–Kier alpha value is -1.37. The molecule has 1 saturated carbocycles. The molecule has 0 saturated heterocycles. The van der Waals surface area contributed by atoms with E-state index in [4.69, 9.17) is 5.26 Å². The smallest absolute Gasteiger partial charge is 0.135 e. The molecule has 2 rings (SSSR count). The van der Waals surface area contributed by atoms with E-state index in [1.54, 1.807) is 6.33 Å². The van der Waals surface area contributed by atoms with Crippen LogP contribution in [0.1, 0.15) is 24.6 Å². The van der Waals surface area contributed by atoms with E-state index in [1.807, 2.05) is 11.6 Å². The third-order valence-electron chi connectivity index (χ3n) is 2.43. The molecular weight excluding hydrogens is 152 g/mol. The molecule has 0 aliphatic heterocycles. The molecular formula is C8H10N4. The van der Waals surface area contributed by atoms with Crippen LogP contribution in [0.3, 0.4) is 0 Å². The van der Waals surface area contributed by atoms with Crippen LogP contribution >= 0.6 is 0 Å². The van der Waals surface area contributed by atoms with Crippen LogP contribution in [-0.2, 0) is 7.05 Å². The van der Waals surface area contributed by atoms with Gasteiger partial charge in [0.2, 0.25) is 0 Å². The van der Waals surface area contributed by atoms with Crippen molar-refractivity contribution in [3.8, 4) is 6.07 Å². The minimum atomic E-state index is 0.242. The Bertz CT molecular complexity index is 316. The van der Waals surface area contributed by atoms with Crippen LogP contribution in [0, 0.1) is 17.2 Å². The molecule has 1 aliphatic carbocycles. The van der Waals surface area contributed by atoms with Crippen LogP contribution < -0.4 is 0 Å². The molecule has 0 aromatic carbocycles. The highest BCUT2D eigenvalue weighted by atomic mass is 15.2. The van der Waals surface area contributed by atoms with Gasteiger partial charge in [0.1, 0.15) is 12.2 Å². The molecule has 12 heavy (non-hydrogen) atoms. The Kier molecular flexibility index (Phi) is 1.58. The van der Waals surface area contributed by atoms with Gasteiger partial charge in [0.25, 0.3) is 0 Å². The first-order valence-corrected chi connectivity index (χ1v) is 4.04. The minimum Gasteiger partial charge on any atom is -0.320 e. The first kappa shape index (κ1) is 7.29. The molecule has 0 amide bonds. The van der Waals surface area contributed by atoms with Gasteiger partial charge < -0.3 is 4.57 Å². The lowest BCUT2D eigenvalue weighted by Crippen LogP contribution is -2.22. The summed E-state index contributed by atoms with van der Waals surface area (Å²) >= 11 is 0. The van der Waals surface area contributed by atoms with E-state index in [-0.39, 0.29) is 5.92 Å². The lowest BCUT2D eigenvalue weighted by Gasteiger charge is -2.29. The van der Waals surface area contributed by atoms with Crippen molar-refractivity contribution in [1.29, 1.82) is 5.26 Å². The number of hydrogen-bond donors (Lipinski definition) is 0. The van der Waals surface area contributed by atoms with E-state index < -0.39 is 0 Å². The van der Waals surface area contributed by atoms with Gasteiger partial charge in [-0.3, -0.25) is 0 Å². The van der Waals surface area contributed by atoms with Crippen LogP contribution in [0.4, 0.5) is 0 Å². The fourth-order valence-corrected chi connectivity index (χ4v) is 1.60. The van der Waals surface area contributed by atoms with Crippen LogP contribution in [0.15, 0.2) is 6.33 Å². The summed E-state index contributed by atoms with van der Waals surface area (Å²) < 4.78 is 1.93. The molecule has 1 heterocycles. The van der Waals surface area contributed by atoms with E-state index in [0.29, 0.717) is 5.92 Å². The van der Waals surface area contributed by atoms with Gasteiger partial charge in [0.05, 0.1) is 6.07 Å². The number of aryl methyl sites for hydroxylation is 1. The van der Waals surface area contributed by atoms with Gasteiger partial charge in [-0.05, 0) is 12.8 Å². The molecule has 0 radical (unpaired) electrons. The Morgan fingerprint density at radius 1 is 1.67 bits per heavy atom. The summed E-state index contributed by atoms with van der Waals surface area (Å²) in [6, 6.07) is 2.26. The zero-order valence-electron chi connectivity index (χ0n) is 6.94. The van der Waals surface area contributed by atoms with E-state index >= 15 is 0 Å². The first-order chi connectivity index (χ1) is 5.81. The van der Waals surface area contributed by atoms with E-state index in [2.05, 4.69) is 16.3 Å². The third kappa shape index (κ3) is 0.981. The molecule has 0 unspecified atom stereocenters. The second-order valence-corrected chi connectivity index (χ2v) is 3.29. The lowest BCUT2D eigenvalue weighted by molar-refractivity contribution is 0.312. The normalized spacial score (nSPS) is 27.7. The largest absolute Gasteiger partial charge is 0.320 e. The number of aromatic nitrogens is 3. The van der Waals surface area contributed by atoms with Gasteiger partial charge in [-0.1, -0.05) is 0 Å². The molecule has 4 nitrogen and oxygen atoms in total. The van der Waals surface area contributed by atoms with Crippen LogP contribution in [0.5, 0.6) is 0 Å². The maximum Gasteiger partial charge on any atom is 0.135 e. The molecule has 1 aromatic rings. The average molecular weight is 162 g/mol. The lowest BCUT2D eigenvalue weighted by atomic mass is 9.75. The van der Waals surface area contributed by atoms with E-state index in [0.717, 1.165) is 18.7 Å². The summed E-state index contributed by atoms with van der Waals surface area (Å²) in [6.45, 7) is 0. The van der Waals surface area contributed by atoms with Gasteiger partial charge in [0.15, 0.2) is 0 Å². The molecule has 0 N–H and O–H groups in total. The summed E-state index contributed by atoms with van der Waals surface area (Å²) in [5, 5.41) is 16.4. The van der Waals surface area contributed by atoms with Gasteiger partial charge in [-0.25, -0.2) is 0 Å². The van der Waals surface area contributed by atoms with Crippen molar-refractivity contribution < 1.29 is 0 Å². The Morgan fingerprint density at radius 3 is 2.92 bits per heavy atom. The summed E-state index contributed by atoms with van der Waals surface area (Å²) in [5.74, 6) is 1.72. The minimum absolute atomic E-state index is 0.242. The summed E-state index contributed by atoms with van der Waals surface area (Å²) in [5.41, 5.74) is 0. The summed E-state index contributed by atoms with van der Waals surface area (Å²) in [6.07, 6.45) is 3.60. The average Bonchev–Trinajstić information content (AvgIpc) is 2.35. The molecule has 4 heteroatoms. The van der Waals surface area contributed by atoms with Crippen LogP contribution in [0.2, 0.25) is 0 Å². The van der Waals surface area contributed by atoms with Crippen molar-refractivity contribution in [3.63, 3.8) is 0 Å². The number of hydrogen-bond acceptors (Lipinski definition) is 3. The van der Waals surface area contributed by atoms with Gasteiger partial charge in [0, 0.05) is 18.9 Å².